The lowest BCUT2D eigenvalue weighted by molar-refractivity contribution is -0.146. The standard InChI is InChI=1S/C30H21Cl2N3O3S/c31-29-18-10-4-5-11-19(18)30(32,21-13-7-6-12-20(21)29)24-23(29)26(37)35(27(24)38)22(16-17-8-2-1-3-9-17)25(36)34-28-33-14-15-39-28/h1-15,22-24H,16H2,(H,33,34,36)/t22-,23-,24-,29?,30?/m0/s1. The Morgan fingerprint density at radius 2 is 1.33 bits per heavy atom. The van der Waals surface area contributed by atoms with Crippen LogP contribution in [0.3, 0.4) is 0 Å². The number of likely N-dealkylation sites (tertiary alicyclic amines) is 1. The molecule has 6 nitrogen and oxygen atoms in total. The number of aromatic nitrogens is 1. The summed E-state index contributed by atoms with van der Waals surface area (Å²) in [6, 6.07) is 23.1. The topological polar surface area (TPSA) is 79.4 Å². The average Bonchev–Trinajstić information content (AvgIpc) is 3.56. The summed E-state index contributed by atoms with van der Waals surface area (Å²) in [6.45, 7) is 0. The molecule has 3 amide bonds. The number of carbonyl (C=O) groups is 3. The number of benzene rings is 3. The van der Waals surface area contributed by atoms with Gasteiger partial charge >= 0.3 is 0 Å². The number of hydrogen-bond acceptors (Lipinski definition) is 5. The van der Waals surface area contributed by atoms with Gasteiger partial charge in [0.2, 0.25) is 17.7 Å². The molecule has 4 aliphatic rings. The van der Waals surface area contributed by atoms with E-state index in [1.807, 2.05) is 78.9 Å². The number of hydrogen-bond donors (Lipinski definition) is 1. The van der Waals surface area contributed by atoms with E-state index in [1.165, 1.54) is 11.3 Å². The summed E-state index contributed by atoms with van der Waals surface area (Å²) in [5.74, 6) is -3.43. The van der Waals surface area contributed by atoms with Gasteiger partial charge in [-0.2, -0.15) is 0 Å². The maximum atomic E-state index is 14.4. The molecule has 3 aliphatic carbocycles. The number of thiazole rings is 1. The Hall–Kier alpha value is -3.52. The molecule has 4 aromatic rings. The van der Waals surface area contributed by atoms with Crippen LogP contribution in [0.25, 0.3) is 0 Å². The third kappa shape index (κ3) is 3.27. The van der Waals surface area contributed by atoms with E-state index in [-0.39, 0.29) is 6.42 Å². The zero-order valence-corrected chi connectivity index (χ0v) is 22.7. The third-order valence-electron chi connectivity index (χ3n) is 8.17. The van der Waals surface area contributed by atoms with Crippen LogP contribution in [0.5, 0.6) is 0 Å². The minimum Gasteiger partial charge on any atom is -0.300 e. The van der Waals surface area contributed by atoms with Crippen molar-refractivity contribution in [1.29, 1.82) is 0 Å². The molecule has 2 heterocycles. The van der Waals surface area contributed by atoms with Crippen LogP contribution >= 0.6 is 34.5 Å². The molecule has 9 heteroatoms. The SMILES string of the molecule is O=C(Nc1nccs1)[C@H](Cc1ccccc1)N1C(=O)[C@@H]2[C@@H](C1=O)C1(Cl)c3ccccc3C2(Cl)c2ccccc21. The summed E-state index contributed by atoms with van der Waals surface area (Å²) in [4.78, 5) is 45.2. The Kier molecular flexibility index (Phi) is 5.50. The Morgan fingerprint density at radius 1 is 0.846 bits per heavy atom. The Morgan fingerprint density at radius 3 is 1.79 bits per heavy atom. The molecule has 1 N–H and O–H groups in total. The molecule has 8 rings (SSSR count). The van der Waals surface area contributed by atoms with Crippen molar-refractivity contribution in [2.24, 2.45) is 11.8 Å². The Labute approximate surface area is 238 Å². The van der Waals surface area contributed by atoms with Crippen LogP contribution in [-0.2, 0) is 30.6 Å². The van der Waals surface area contributed by atoms with Gasteiger partial charge in [-0.05, 0) is 27.8 Å². The lowest BCUT2D eigenvalue weighted by Crippen LogP contribution is -2.57. The highest BCUT2D eigenvalue weighted by molar-refractivity contribution is 7.13. The van der Waals surface area contributed by atoms with Gasteiger partial charge in [-0.15, -0.1) is 34.5 Å². The Bertz CT molecular complexity index is 1520. The summed E-state index contributed by atoms with van der Waals surface area (Å²) < 4.78 is 0. The zero-order chi connectivity index (χ0) is 26.9. The number of nitrogens with one attached hydrogen (secondary N) is 1. The van der Waals surface area contributed by atoms with E-state index in [9.17, 15) is 14.4 Å². The number of rotatable bonds is 5. The van der Waals surface area contributed by atoms with E-state index < -0.39 is 45.3 Å². The van der Waals surface area contributed by atoms with Gasteiger partial charge in [0.05, 0.1) is 11.8 Å². The molecule has 0 saturated carbocycles. The fourth-order valence-electron chi connectivity index (χ4n) is 6.61. The highest BCUT2D eigenvalue weighted by atomic mass is 35.5. The second-order valence-electron chi connectivity index (χ2n) is 10.0. The first kappa shape index (κ1) is 24.5. The minimum absolute atomic E-state index is 0.138. The molecule has 39 heavy (non-hydrogen) atoms. The van der Waals surface area contributed by atoms with Crippen molar-refractivity contribution in [3.63, 3.8) is 0 Å². The highest BCUT2D eigenvalue weighted by Gasteiger charge is 2.73. The lowest BCUT2D eigenvalue weighted by atomic mass is 9.54. The van der Waals surface area contributed by atoms with Gasteiger partial charge in [0.1, 0.15) is 15.8 Å². The number of anilines is 1. The molecule has 194 valence electrons. The number of nitrogens with zero attached hydrogens (tertiary/aromatic N) is 2. The maximum absolute atomic E-state index is 14.4. The summed E-state index contributed by atoms with van der Waals surface area (Å²) in [5, 5.41) is 4.91. The fraction of sp³-hybridized carbons (Fsp3) is 0.200. The second-order valence-corrected chi connectivity index (χ2v) is 12.1. The highest BCUT2D eigenvalue weighted by Crippen LogP contribution is 2.69. The van der Waals surface area contributed by atoms with E-state index in [0.29, 0.717) is 5.13 Å². The molecule has 1 aliphatic heterocycles. The lowest BCUT2D eigenvalue weighted by Gasteiger charge is -2.54. The van der Waals surface area contributed by atoms with Crippen molar-refractivity contribution >= 4 is 57.4 Å². The van der Waals surface area contributed by atoms with Crippen molar-refractivity contribution in [2.45, 2.75) is 22.2 Å². The van der Waals surface area contributed by atoms with E-state index in [1.54, 1.807) is 11.6 Å². The largest absolute Gasteiger partial charge is 0.300 e. The normalized spacial score (nSPS) is 27.1. The van der Waals surface area contributed by atoms with Crippen molar-refractivity contribution < 1.29 is 14.4 Å². The zero-order valence-electron chi connectivity index (χ0n) is 20.4. The number of halogens is 2. The van der Waals surface area contributed by atoms with Gasteiger partial charge in [0.15, 0.2) is 5.13 Å². The molecule has 0 radical (unpaired) electrons. The molecule has 3 aromatic carbocycles. The molecule has 0 spiro atoms. The van der Waals surface area contributed by atoms with Crippen molar-refractivity contribution in [3.05, 3.63) is 118 Å². The quantitative estimate of drug-likeness (QED) is 0.260. The third-order valence-corrected chi connectivity index (χ3v) is 10.1. The van der Waals surface area contributed by atoms with Gasteiger partial charge in [0, 0.05) is 18.0 Å². The Balaban J connectivity index is 1.38. The first-order valence-electron chi connectivity index (χ1n) is 12.6. The smallest absolute Gasteiger partial charge is 0.249 e. The van der Waals surface area contributed by atoms with Crippen LogP contribution in [-0.4, -0.2) is 33.6 Å². The van der Waals surface area contributed by atoms with Crippen molar-refractivity contribution in [1.82, 2.24) is 9.88 Å². The van der Waals surface area contributed by atoms with Crippen molar-refractivity contribution in [2.75, 3.05) is 5.32 Å². The van der Waals surface area contributed by atoms with Crippen LogP contribution in [0.1, 0.15) is 27.8 Å². The molecule has 3 atom stereocenters. The summed E-state index contributed by atoms with van der Waals surface area (Å²) in [7, 11) is 0. The van der Waals surface area contributed by atoms with Gasteiger partial charge in [-0.1, -0.05) is 78.9 Å². The predicted molar refractivity (Wildman–Crippen MR) is 150 cm³/mol. The van der Waals surface area contributed by atoms with Crippen LogP contribution in [0.15, 0.2) is 90.4 Å². The van der Waals surface area contributed by atoms with Crippen LogP contribution in [0.4, 0.5) is 5.13 Å². The number of amides is 3. The molecule has 2 bridgehead atoms. The monoisotopic (exact) mass is 573 g/mol. The van der Waals surface area contributed by atoms with Crippen LogP contribution < -0.4 is 5.32 Å². The molecule has 1 saturated heterocycles. The van der Waals surface area contributed by atoms with E-state index in [4.69, 9.17) is 23.2 Å². The number of imide groups is 1. The van der Waals surface area contributed by atoms with Gasteiger partial charge in [-0.25, -0.2) is 4.98 Å². The summed E-state index contributed by atoms with van der Waals surface area (Å²) in [6.07, 6.45) is 1.72. The number of alkyl halides is 2. The van der Waals surface area contributed by atoms with Gasteiger partial charge in [-0.3, -0.25) is 19.3 Å². The van der Waals surface area contributed by atoms with Gasteiger partial charge in [0.25, 0.3) is 0 Å². The first-order chi connectivity index (χ1) is 18.9. The minimum atomic E-state index is -1.31. The van der Waals surface area contributed by atoms with E-state index in [0.717, 1.165) is 32.7 Å². The molecule has 1 aromatic heterocycles. The first-order valence-corrected chi connectivity index (χ1v) is 14.2. The number of carbonyl (C=O) groups excluding carboxylic acids is 3. The van der Waals surface area contributed by atoms with E-state index in [2.05, 4.69) is 10.3 Å². The average molecular weight is 574 g/mol. The summed E-state index contributed by atoms with van der Waals surface area (Å²) >= 11 is 16.3. The van der Waals surface area contributed by atoms with Crippen LogP contribution in [0.2, 0.25) is 0 Å². The van der Waals surface area contributed by atoms with Crippen LogP contribution in [0, 0.1) is 11.8 Å². The maximum Gasteiger partial charge on any atom is 0.249 e. The molecule has 1 fully saturated rings. The molecular weight excluding hydrogens is 553 g/mol. The predicted octanol–water partition coefficient (Wildman–Crippen LogP) is 5.29. The molecular formula is C30H21Cl2N3O3S. The van der Waals surface area contributed by atoms with Crippen molar-refractivity contribution in [3.8, 4) is 0 Å². The van der Waals surface area contributed by atoms with E-state index >= 15 is 0 Å². The summed E-state index contributed by atoms with van der Waals surface area (Å²) in [5.41, 5.74) is 3.68. The molecule has 0 unspecified atom stereocenters. The van der Waals surface area contributed by atoms with Gasteiger partial charge < -0.3 is 5.32 Å². The fourth-order valence-corrected chi connectivity index (χ4v) is 8.24. The second kappa shape index (κ2) is 8.74.